The van der Waals surface area contributed by atoms with Gasteiger partial charge in [0.25, 0.3) is 5.91 Å². The smallest absolute Gasteiger partial charge is 0.264 e. The van der Waals surface area contributed by atoms with Gasteiger partial charge in [-0.1, -0.05) is 6.42 Å². The molecule has 1 fully saturated rings. The van der Waals surface area contributed by atoms with E-state index in [-0.39, 0.29) is 11.9 Å². The number of likely N-dealkylation sites (tertiary alicyclic amines) is 1. The molecule has 0 N–H and O–H groups in total. The van der Waals surface area contributed by atoms with Crippen LogP contribution in [-0.4, -0.2) is 32.1 Å². The first kappa shape index (κ1) is 15.6. The number of aromatic nitrogens is 3. The van der Waals surface area contributed by atoms with Gasteiger partial charge in [0.05, 0.1) is 10.9 Å². The molecule has 0 radical (unpaired) electrons. The Morgan fingerprint density at radius 1 is 1.04 bits per heavy atom. The number of carbonyl (C=O) groups excluding carboxylic acids is 1. The molecule has 0 aromatic carbocycles. The molecule has 1 aliphatic carbocycles. The number of aryl methyl sites for hydroxylation is 3. The van der Waals surface area contributed by atoms with E-state index in [9.17, 15) is 4.79 Å². The SMILES string of the molecule is O=C(c1cc2c(s1)CCC2)N1CCC[C@H]1c1nnc2n1CCCCC2. The minimum Gasteiger partial charge on any atom is -0.328 e. The number of carbonyl (C=O) groups is 1. The summed E-state index contributed by atoms with van der Waals surface area (Å²) < 4.78 is 2.30. The van der Waals surface area contributed by atoms with Crippen molar-refractivity contribution in [3.8, 4) is 0 Å². The van der Waals surface area contributed by atoms with Crippen molar-refractivity contribution in [2.45, 2.75) is 70.4 Å². The van der Waals surface area contributed by atoms with Crippen LogP contribution in [0.5, 0.6) is 0 Å². The van der Waals surface area contributed by atoms with Crippen molar-refractivity contribution in [2.75, 3.05) is 6.54 Å². The van der Waals surface area contributed by atoms with E-state index in [4.69, 9.17) is 0 Å². The van der Waals surface area contributed by atoms with Crippen molar-refractivity contribution >= 4 is 17.2 Å². The standard InChI is InChI=1S/C19H24N4OS/c24-19(16-12-13-6-4-8-15(13)25-16)22-11-5-7-14(22)18-21-20-17-9-2-1-3-10-23(17)18/h12,14H,1-11H2/t14-/m0/s1. The van der Waals surface area contributed by atoms with E-state index < -0.39 is 0 Å². The molecule has 2 aliphatic heterocycles. The third kappa shape index (κ3) is 2.62. The van der Waals surface area contributed by atoms with Crippen LogP contribution in [0.2, 0.25) is 0 Å². The summed E-state index contributed by atoms with van der Waals surface area (Å²) in [6.45, 7) is 1.84. The largest absolute Gasteiger partial charge is 0.328 e. The number of hydrogen-bond donors (Lipinski definition) is 0. The molecule has 25 heavy (non-hydrogen) atoms. The van der Waals surface area contributed by atoms with Crippen LogP contribution in [0, 0.1) is 0 Å². The minimum atomic E-state index is 0.101. The van der Waals surface area contributed by atoms with Gasteiger partial charge in [-0.15, -0.1) is 21.5 Å². The molecule has 2 aromatic heterocycles. The molecule has 0 saturated carbocycles. The lowest BCUT2D eigenvalue weighted by atomic mass is 10.2. The zero-order valence-corrected chi connectivity index (χ0v) is 15.4. The molecule has 5 rings (SSSR count). The molecule has 4 heterocycles. The summed E-state index contributed by atoms with van der Waals surface area (Å²) in [6.07, 6.45) is 10.3. The van der Waals surface area contributed by atoms with E-state index in [1.165, 1.54) is 36.1 Å². The van der Waals surface area contributed by atoms with Gasteiger partial charge in [-0.2, -0.15) is 0 Å². The Morgan fingerprint density at radius 2 is 2.00 bits per heavy atom. The second-order valence-electron chi connectivity index (χ2n) is 7.51. The van der Waals surface area contributed by atoms with E-state index in [0.717, 1.165) is 61.7 Å². The summed E-state index contributed by atoms with van der Waals surface area (Å²) in [5.41, 5.74) is 1.40. The number of nitrogens with zero attached hydrogens (tertiary/aromatic N) is 4. The number of fused-ring (bicyclic) bond motifs is 2. The van der Waals surface area contributed by atoms with Crippen LogP contribution in [0.15, 0.2) is 6.07 Å². The van der Waals surface area contributed by atoms with Crippen LogP contribution in [0.4, 0.5) is 0 Å². The summed E-state index contributed by atoms with van der Waals surface area (Å²) in [5, 5.41) is 8.97. The number of thiophene rings is 1. The lowest BCUT2D eigenvalue weighted by molar-refractivity contribution is 0.0732. The Hall–Kier alpha value is -1.69. The Bertz CT molecular complexity index is 787. The molecule has 0 spiro atoms. The molecule has 0 unspecified atom stereocenters. The summed E-state index contributed by atoms with van der Waals surface area (Å²) in [5.74, 6) is 2.33. The second-order valence-corrected chi connectivity index (χ2v) is 8.64. The Balaban J connectivity index is 1.44. The van der Waals surface area contributed by atoms with Crippen molar-refractivity contribution in [2.24, 2.45) is 0 Å². The zero-order valence-electron chi connectivity index (χ0n) is 14.5. The average molecular weight is 356 g/mol. The number of hydrogen-bond acceptors (Lipinski definition) is 4. The highest BCUT2D eigenvalue weighted by Gasteiger charge is 2.35. The monoisotopic (exact) mass is 356 g/mol. The molecule has 132 valence electrons. The lowest BCUT2D eigenvalue weighted by Gasteiger charge is -2.24. The van der Waals surface area contributed by atoms with Gasteiger partial charge in [0.2, 0.25) is 0 Å². The molecule has 6 heteroatoms. The second kappa shape index (κ2) is 6.24. The van der Waals surface area contributed by atoms with E-state index in [1.54, 1.807) is 11.3 Å². The molecule has 1 amide bonds. The molecule has 3 aliphatic rings. The van der Waals surface area contributed by atoms with Gasteiger partial charge in [0.15, 0.2) is 5.82 Å². The predicted molar refractivity (Wildman–Crippen MR) is 96.9 cm³/mol. The van der Waals surface area contributed by atoms with Gasteiger partial charge in [-0.3, -0.25) is 4.79 Å². The Kier molecular flexibility index (Phi) is 3.88. The van der Waals surface area contributed by atoms with Crippen LogP contribution >= 0.6 is 11.3 Å². The first-order chi connectivity index (χ1) is 12.3. The summed E-state index contributed by atoms with van der Waals surface area (Å²) in [4.78, 5) is 17.6. The fourth-order valence-electron chi connectivity index (χ4n) is 4.61. The molecule has 2 aromatic rings. The van der Waals surface area contributed by atoms with Crippen molar-refractivity contribution in [3.05, 3.63) is 33.0 Å². The molecular formula is C19H24N4OS. The predicted octanol–water partition coefficient (Wildman–Crippen LogP) is 3.53. The van der Waals surface area contributed by atoms with E-state index in [1.807, 2.05) is 0 Å². The summed E-state index contributed by atoms with van der Waals surface area (Å²) in [6, 6.07) is 2.25. The number of rotatable bonds is 2. The quantitative estimate of drug-likeness (QED) is 0.827. The van der Waals surface area contributed by atoms with Gasteiger partial charge in [0, 0.05) is 24.4 Å². The summed E-state index contributed by atoms with van der Waals surface area (Å²) >= 11 is 1.71. The summed E-state index contributed by atoms with van der Waals surface area (Å²) in [7, 11) is 0. The van der Waals surface area contributed by atoms with Crippen molar-refractivity contribution < 1.29 is 4.79 Å². The maximum atomic E-state index is 13.2. The van der Waals surface area contributed by atoms with Gasteiger partial charge in [-0.25, -0.2) is 0 Å². The van der Waals surface area contributed by atoms with Crippen LogP contribution in [0.3, 0.4) is 0 Å². The first-order valence-corrected chi connectivity index (χ1v) is 10.5. The van der Waals surface area contributed by atoms with Crippen molar-refractivity contribution in [1.29, 1.82) is 0 Å². The van der Waals surface area contributed by atoms with E-state index in [0.29, 0.717) is 0 Å². The minimum absolute atomic E-state index is 0.101. The van der Waals surface area contributed by atoms with Gasteiger partial charge in [0.1, 0.15) is 5.82 Å². The highest BCUT2D eigenvalue weighted by atomic mass is 32.1. The fourth-order valence-corrected chi connectivity index (χ4v) is 5.82. The first-order valence-electron chi connectivity index (χ1n) is 9.66. The molecule has 0 bridgehead atoms. The van der Waals surface area contributed by atoms with Crippen molar-refractivity contribution in [1.82, 2.24) is 19.7 Å². The molecular weight excluding hydrogens is 332 g/mol. The highest BCUT2D eigenvalue weighted by Crippen LogP contribution is 2.36. The van der Waals surface area contributed by atoms with Crippen LogP contribution in [0.1, 0.15) is 76.3 Å². The van der Waals surface area contributed by atoms with Crippen LogP contribution in [-0.2, 0) is 25.8 Å². The molecule has 1 saturated heterocycles. The number of amides is 1. The maximum Gasteiger partial charge on any atom is 0.264 e. The van der Waals surface area contributed by atoms with Gasteiger partial charge in [-0.05, 0) is 56.6 Å². The van der Waals surface area contributed by atoms with Gasteiger partial charge >= 0.3 is 0 Å². The maximum absolute atomic E-state index is 13.2. The topological polar surface area (TPSA) is 51.0 Å². The third-order valence-corrected chi connectivity index (χ3v) is 7.13. The Labute approximate surface area is 152 Å². The van der Waals surface area contributed by atoms with Gasteiger partial charge < -0.3 is 9.47 Å². The normalized spacial score (nSPS) is 22.7. The van der Waals surface area contributed by atoms with Crippen LogP contribution < -0.4 is 0 Å². The average Bonchev–Trinajstić information content (AvgIpc) is 3.35. The highest BCUT2D eigenvalue weighted by molar-refractivity contribution is 7.14. The third-order valence-electron chi connectivity index (χ3n) is 5.91. The van der Waals surface area contributed by atoms with E-state index in [2.05, 4.69) is 25.7 Å². The zero-order chi connectivity index (χ0) is 16.8. The molecule has 5 nitrogen and oxygen atoms in total. The van der Waals surface area contributed by atoms with Crippen molar-refractivity contribution in [3.63, 3.8) is 0 Å². The fraction of sp³-hybridized carbons (Fsp3) is 0.632. The van der Waals surface area contributed by atoms with Crippen LogP contribution in [0.25, 0.3) is 0 Å². The molecule has 1 atom stereocenters. The Morgan fingerprint density at radius 3 is 2.92 bits per heavy atom. The van der Waals surface area contributed by atoms with E-state index >= 15 is 0 Å². The lowest BCUT2D eigenvalue weighted by Crippen LogP contribution is -2.31.